The van der Waals surface area contributed by atoms with Gasteiger partial charge >= 0.3 is 5.97 Å². The number of hydrogen-bond donors (Lipinski definition) is 1. The number of halogens is 2. The molecular formula is C12H18Cl2N2O3. The third-order valence-corrected chi connectivity index (χ3v) is 3.07. The van der Waals surface area contributed by atoms with Crippen molar-refractivity contribution in [2.24, 2.45) is 0 Å². The van der Waals surface area contributed by atoms with Crippen LogP contribution in [0.1, 0.15) is 23.2 Å². The maximum absolute atomic E-state index is 10.8. The molecular weight excluding hydrogens is 291 g/mol. The molecule has 2 rings (SSSR count). The van der Waals surface area contributed by atoms with E-state index in [0.717, 1.165) is 13.0 Å². The second kappa shape index (κ2) is 8.19. The first-order valence-corrected chi connectivity index (χ1v) is 5.68. The number of ether oxygens (including phenoxy) is 1. The van der Waals surface area contributed by atoms with Gasteiger partial charge in [-0.05, 0) is 32.5 Å². The molecule has 0 spiro atoms. The first-order valence-electron chi connectivity index (χ1n) is 5.68. The molecule has 0 bridgehead atoms. The average Bonchev–Trinajstić information content (AvgIpc) is 2.72. The molecule has 1 aliphatic rings. The van der Waals surface area contributed by atoms with Crippen LogP contribution in [0, 0.1) is 0 Å². The highest BCUT2D eigenvalue weighted by atomic mass is 35.5. The highest BCUT2D eigenvalue weighted by Gasteiger charge is 2.21. The number of likely N-dealkylation sites (tertiary alicyclic amines) is 1. The molecule has 1 fully saturated rings. The number of aromatic nitrogens is 1. The Morgan fingerprint density at radius 1 is 1.53 bits per heavy atom. The van der Waals surface area contributed by atoms with Crippen LogP contribution in [-0.4, -0.2) is 47.2 Å². The molecule has 0 aromatic carbocycles. The summed E-state index contributed by atoms with van der Waals surface area (Å²) in [6, 6.07) is 1.92. The van der Waals surface area contributed by atoms with Crippen LogP contribution < -0.4 is 4.74 Å². The molecule has 0 unspecified atom stereocenters. The molecule has 0 amide bonds. The van der Waals surface area contributed by atoms with E-state index in [1.165, 1.54) is 18.7 Å². The molecule has 5 nitrogen and oxygen atoms in total. The summed E-state index contributed by atoms with van der Waals surface area (Å²) < 4.78 is 5.58. The predicted molar refractivity (Wildman–Crippen MR) is 76.8 cm³/mol. The molecule has 108 valence electrons. The summed E-state index contributed by atoms with van der Waals surface area (Å²) in [6.45, 7) is 1.68. The van der Waals surface area contributed by atoms with E-state index < -0.39 is 5.97 Å². The summed E-state index contributed by atoms with van der Waals surface area (Å²) in [5.41, 5.74) is 0.155. The van der Waals surface area contributed by atoms with E-state index in [-0.39, 0.29) is 30.4 Å². The van der Waals surface area contributed by atoms with Crippen molar-refractivity contribution in [1.29, 1.82) is 0 Å². The number of hydrogen-bond acceptors (Lipinski definition) is 4. The second-order valence-electron chi connectivity index (χ2n) is 4.30. The van der Waals surface area contributed by atoms with Crippen LogP contribution in [-0.2, 0) is 0 Å². The molecule has 0 aliphatic carbocycles. The number of nitrogens with zero attached hydrogens (tertiary/aromatic N) is 2. The molecule has 0 saturated carbocycles. The number of aromatic carboxylic acids is 1. The van der Waals surface area contributed by atoms with E-state index in [2.05, 4.69) is 16.9 Å². The summed E-state index contributed by atoms with van der Waals surface area (Å²) in [4.78, 5) is 16.9. The minimum absolute atomic E-state index is 0. The van der Waals surface area contributed by atoms with Gasteiger partial charge in [-0.15, -0.1) is 24.8 Å². The van der Waals surface area contributed by atoms with Gasteiger partial charge in [0, 0.05) is 12.2 Å². The standard InChI is InChI=1S/C12H16N2O3.2ClH/c1-14-4-2-3-10(14)8-17-11-5-9(12(15)16)6-13-7-11;;/h5-7,10H,2-4,8H2,1H3,(H,15,16);2*1H/t10-;;/m0../s1. The Bertz CT molecular complexity index is 418. The zero-order valence-corrected chi connectivity index (χ0v) is 12.2. The smallest absolute Gasteiger partial charge is 0.337 e. The van der Waals surface area contributed by atoms with Crippen LogP contribution in [0.2, 0.25) is 0 Å². The molecule has 1 aromatic heterocycles. The molecule has 0 radical (unpaired) electrons. The van der Waals surface area contributed by atoms with Gasteiger partial charge in [-0.3, -0.25) is 4.98 Å². The van der Waals surface area contributed by atoms with E-state index >= 15 is 0 Å². The Kier molecular flexibility index (Phi) is 7.75. The lowest BCUT2D eigenvalue weighted by atomic mass is 10.2. The Hall–Kier alpha value is -1.04. The van der Waals surface area contributed by atoms with Crippen LogP contribution in [0.25, 0.3) is 0 Å². The SMILES string of the molecule is CN1CCC[C@H]1COc1cncc(C(=O)O)c1.Cl.Cl. The number of likely N-dealkylation sites (N-methyl/N-ethyl adjacent to an activating group) is 1. The molecule has 19 heavy (non-hydrogen) atoms. The summed E-state index contributed by atoms with van der Waals surface area (Å²) >= 11 is 0. The molecule has 1 aromatic rings. The summed E-state index contributed by atoms with van der Waals surface area (Å²) in [6.07, 6.45) is 5.18. The minimum Gasteiger partial charge on any atom is -0.490 e. The fourth-order valence-corrected chi connectivity index (χ4v) is 2.00. The van der Waals surface area contributed by atoms with Crippen molar-refractivity contribution < 1.29 is 14.6 Å². The maximum Gasteiger partial charge on any atom is 0.337 e. The number of carboxylic acids is 1. The lowest BCUT2D eigenvalue weighted by Gasteiger charge is -2.19. The third kappa shape index (κ3) is 4.86. The minimum atomic E-state index is -0.985. The van der Waals surface area contributed by atoms with E-state index in [0.29, 0.717) is 18.4 Å². The van der Waals surface area contributed by atoms with Gasteiger partial charge in [-0.2, -0.15) is 0 Å². The van der Waals surface area contributed by atoms with Gasteiger partial charge < -0.3 is 14.7 Å². The van der Waals surface area contributed by atoms with Crippen LogP contribution >= 0.6 is 24.8 Å². The van der Waals surface area contributed by atoms with E-state index in [4.69, 9.17) is 9.84 Å². The van der Waals surface area contributed by atoms with Gasteiger partial charge in [-0.25, -0.2) is 4.79 Å². The molecule has 1 atom stereocenters. The van der Waals surface area contributed by atoms with Crippen LogP contribution in [0.3, 0.4) is 0 Å². The first kappa shape index (κ1) is 18.0. The lowest BCUT2D eigenvalue weighted by molar-refractivity contribution is 0.0695. The zero-order chi connectivity index (χ0) is 12.3. The van der Waals surface area contributed by atoms with Crippen molar-refractivity contribution in [2.75, 3.05) is 20.2 Å². The number of carboxylic acid groups (broad SMARTS) is 1. The summed E-state index contributed by atoms with van der Waals surface area (Å²) in [5, 5.41) is 8.83. The highest BCUT2D eigenvalue weighted by molar-refractivity contribution is 5.87. The Balaban J connectivity index is 0.00000162. The zero-order valence-electron chi connectivity index (χ0n) is 10.6. The van der Waals surface area contributed by atoms with Gasteiger partial charge in [0.15, 0.2) is 0 Å². The number of rotatable bonds is 4. The summed E-state index contributed by atoms with van der Waals surface area (Å²) in [5.74, 6) is -0.467. The molecule has 7 heteroatoms. The van der Waals surface area contributed by atoms with E-state index in [9.17, 15) is 4.79 Å². The van der Waals surface area contributed by atoms with Crippen molar-refractivity contribution in [2.45, 2.75) is 18.9 Å². The highest BCUT2D eigenvalue weighted by Crippen LogP contribution is 2.17. The topological polar surface area (TPSA) is 62.7 Å². The van der Waals surface area contributed by atoms with E-state index in [1.54, 1.807) is 6.20 Å². The van der Waals surface area contributed by atoms with Crippen molar-refractivity contribution in [3.05, 3.63) is 24.0 Å². The van der Waals surface area contributed by atoms with Crippen LogP contribution in [0.4, 0.5) is 0 Å². The molecule has 1 saturated heterocycles. The predicted octanol–water partition coefficient (Wildman–Crippen LogP) is 2.10. The molecule has 1 N–H and O–H groups in total. The summed E-state index contributed by atoms with van der Waals surface area (Å²) in [7, 11) is 2.08. The maximum atomic E-state index is 10.8. The third-order valence-electron chi connectivity index (χ3n) is 3.07. The fraction of sp³-hybridized carbons (Fsp3) is 0.500. The fourth-order valence-electron chi connectivity index (χ4n) is 2.00. The van der Waals surface area contributed by atoms with Gasteiger partial charge in [-0.1, -0.05) is 0 Å². The molecule has 2 heterocycles. The van der Waals surface area contributed by atoms with Gasteiger partial charge in [0.25, 0.3) is 0 Å². The van der Waals surface area contributed by atoms with Crippen molar-refractivity contribution in [3.8, 4) is 5.75 Å². The van der Waals surface area contributed by atoms with Crippen molar-refractivity contribution in [1.82, 2.24) is 9.88 Å². The Morgan fingerprint density at radius 3 is 2.84 bits per heavy atom. The van der Waals surface area contributed by atoms with E-state index in [1.807, 2.05) is 0 Å². The van der Waals surface area contributed by atoms with Gasteiger partial charge in [0.05, 0.1) is 11.8 Å². The number of carbonyl (C=O) groups is 1. The first-order chi connectivity index (χ1) is 8.16. The number of pyridine rings is 1. The van der Waals surface area contributed by atoms with Gasteiger partial charge in [0.2, 0.25) is 0 Å². The quantitative estimate of drug-likeness (QED) is 0.923. The van der Waals surface area contributed by atoms with Crippen molar-refractivity contribution in [3.63, 3.8) is 0 Å². The Morgan fingerprint density at radius 2 is 2.26 bits per heavy atom. The Labute approximate surface area is 124 Å². The lowest BCUT2D eigenvalue weighted by Crippen LogP contribution is -2.30. The van der Waals surface area contributed by atoms with Crippen molar-refractivity contribution >= 4 is 30.8 Å². The average molecular weight is 309 g/mol. The molecule has 1 aliphatic heterocycles. The normalized spacial score (nSPS) is 18.3. The monoisotopic (exact) mass is 308 g/mol. The largest absolute Gasteiger partial charge is 0.490 e. The van der Waals surface area contributed by atoms with Crippen LogP contribution in [0.5, 0.6) is 5.75 Å². The van der Waals surface area contributed by atoms with Crippen LogP contribution in [0.15, 0.2) is 18.5 Å². The van der Waals surface area contributed by atoms with Gasteiger partial charge in [0.1, 0.15) is 12.4 Å². The second-order valence-corrected chi connectivity index (χ2v) is 4.30.